The molecule has 3 aromatic heterocycles. The molecule has 1 aliphatic heterocycles. The highest BCUT2D eigenvalue weighted by atomic mass is 32.1. The summed E-state index contributed by atoms with van der Waals surface area (Å²) in [6.45, 7) is 4.81. The van der Waals surface area contributed by atoms with Gasteiger partial charge in [-0.25, -0.2) is 15.0 Å². The minimum absolute atomic E-state index is 0.140. The first-order valence-corrected chi connectivity index (χ1v) is 10.5. The number of carbonyl (C=O) groups excluding carboxylic acids is 1. The molecule has 0 radical (unpaired) electrons. The maximum atomic E-state index is 11.5. The minimum atomic E-state index is 0.140. The molecule has 0 aliphatic carbocycles. The number of nitrogens with zero attached hydrogens (tertiary/aromatic N) is 6. The summed E-state index contributed by atoms with van der Waals surface area (Å²) in [6.07, 6.45) is 3.42. The van der Waals surface area contributed by atoms with Crippen molar-refractivity contribution < 1.29 is 4.79 Å². The van der Waals surface area contributed by atoms with Gasteiger partial charge in [0.25, 0.3) is 0 Å². The molecule has 0 atom stereocenters. The van der Waals surface area contributed by atoms with Gasteiger partial charge in [0.2, 0.25) is 5.91 Å². The zero-order chi connectivity index (χ0) is 20.5. The van der Waals surface area contributed by atoms with E-state index in [1.54, 1.807) is 19.3 Å². The van der Waals surface area contributed by atoms with E-state index in [0.717, 1.165) is 53.6 Å². The third kappa shape index (κ3) is 3.57. The lowest BCUT2D eigenvalue weighted by Gasteiger charge is -2.35. The average molecular weight is 421 g/mol. The smallest absolute Gasteiger partial charge is 0.219 e. The van der Waals surface area contributed by atoms with Gasteiger partial charge in [0, 0.05) is 56.1 Å². The number of anilines is 3. The van der Waals surface area contributed by atoms with Crippen LogP contribution in [-0.2, 0) is 4.79 Å². The molecule has 1 aromatic carbocycles. The van der Waals surface area contributed by atoms with Crippen LogP contribution >= 0.6 is 11.3 Å². The van der Waals surface area contributed by atoms with Crippen LogP contribution in [0.3, 0.4) is 0 Å². The van der Waals surface area contributed by atoms with Crippen LogP contribution in [-0.4, -0.2) is 62.1 Å². The zero-order valence-corrected chi connectivity index (χ0v) is 17.2. The van der Waals surface area contributed by atoms with Crippen molar-refractivity contribution >= 4 is 45.5 Å². The van der Waals surface area contributed by atoms with Crippen molar-refractivity contribution in [3.8, 4) is 10.8 Å². The van der Waals surface area contributed by atoms with E-state index in [-0.39, 0.29) is 5.91 Å². The second-order valence-corrected chi connectivity index (χ2v) is 7.92. The highest BCUT2D eigenvalue weighted by molar-refractivity contribution is 7.13. The van der Waals surface area contributed by atoms with E-state index in [4.69, 9.17) is 0 Å². The van der Waals surface area contributed by atoms with Gasteiger partial charge in [-0.1, -0.05) is 0 Å². The van der Waals surface area contributed by atoms with Crippen molar-refractivity contribution in [3.63, 3.8) is 0 Å². The maximum absolute atomic E-state index is 11.5. The van der Waals surface area contributed by atoms with Crippen LogP contribution in [0.2, 0.25) is 0 Å². The van der Waals surface area contributed by atoms with Gasteiger partial charge in [0.1, 0.15) is 11.0 Å². The number of benzene rings is 1. The molecule has 9 nitrogen and oxygen atoms in total. The van der Waals surface area contributed by atoms with Crippen LogP contribution in [0.4, 0.5) is 17.2 Å². The fraction of sp³-hybridized carbons (Fsp3) is 0.250. The van der Waals surface area contributed by atoms with Gasteiger partial charge in [-0.05, 0) is 24.3 Å². The van der Waals surface area contributed by atoms with Gasteiger partial charge < -0.3 is 15.1 Å². The number of aromatic nitrogens is 5. The topological polar surface area (TPSA) is 103 Å². The van der Waals surface area contributed by atoms with E-state index in [1.165, 1.54) is 11.3 Å². The quantitative estimate of drug-likeness (QED) is 0.523. The van der Waals surface area contributed by atoms with Crippen molar-refractivity contribution in [2.75, 3.05) is 36.4 Å². The number of H-pyrrole nitrogens is 1. The molecule has 0 saturated carbocycles. The summed E-state index contributed by atoms with van der Waals surface area (Å²) in [4.78, 5) is 29.2. The zero-order valence-electron chi connectivity index (χ0n) is 16.4. The number of aromatic amines is 1. The Bertz CT molecular complexity index is 1160. The number of fused-ring (bicyclic) bond motifs is 1. The lowest BCUT2D eigenvalue weighted by atomic mass is 10.2. The van der Waals surface area contributed by atoms with Gasteiger partial charge in [-0.2, -0.15) is 5.10 Å². The second kappa shape index (κ2) is 7.71. The van der Waals surface area contributed by atoms with E-state index in [0.29, 0.717) is 11.6 Å². The number of rotatable bonds is 4. The SMILES string of the molecule is CC(=O)N1CCN(c2ccc(Nc3nc(-c4nccs4)nc4cn[nH]c34)cc2)CC1. The largest absolute Gasteiger partial charge is 0.368 e. The van der Waals surface area contributed by atoms with Crippen LogP contribution < -0.4 is 10.2 Å². The first-order chi connectivity index (χ1) is 14.7. The standard InChI is InChI=1S/C20H20N8OS/c1-13(29)27-7-9-28(10-8-27)15-4-2-14(3-5-15)23-18-17-16(12-22-26-17)24-19(25-18)20-21-6-11-30-20/h2-6,11-12H,7-10H2,1H3,(H,22,26)(H,23,24,25). The molecule has 1 saturated heterocycles. The summed E-state index contributed by atoms with van der Waals surface area (Å²) < 4.78 is 0. The molecule has 1 amide bonds. The molecule has 1 fully saturated rings. The summed E-state index contributed by atoms with van der Waals surface area (Å²) in [7, 11) is 0. The first kappa shape index (κ1) is 18.5. The van der Waals surface area contributed by atoms with Crippen molar-refractivity contribution in [2.24, 2.45) is 0 Å². The molecule has 10 heteroatoms. The fourth-order valence-corrected chi connectivity index (χ4v) is 4.10. The Morgan fingerprint density at radius 3 is 2.63 bits per heavy atom. The lowest BCUT2D eigenvalue weighted by Crippen LogP contribution is -2.48. The number of nitrogens with one attached hydrogen (secondary N) is 2. The summed E-state index contributed by atoms with van der Waals surface area (Å²) in [5.41, 5.74) is 3.54. The van der Waals surface area contributed by atoms with Crippen LogP contribution in [0.15, 0.2) is 42.0 Å². The average Bonchev–Trinajstić information content (AvgIpc) is 3.46. The number of thiazole rings is 1. The molecule has 2 N–H and O–H groups in total. The predicted octanol–water partition coefficient (Wildman–Crippen LogP) is 2.89. The molecule has 5 rings (SSSR count). The molecule has 4 aromatic rings. The Kier molecular flexibility index (Phi) is 4.75. The monoisotopic (exact) mass is 420 g/mol. The van der Waals surface area contributed by atoms with Gasteiger partial charge in [0.05, 0.1) is 6.20 Å². The van der Waals surface area contributed by atoms with E-state index in [9.17, 15) is 4.79 Å². The molecular weight excluding hydrogens is 400 g/mol. The minimum Gasteiger partial charge on any atom is -0.368 e. The molecular formula is C20H20N8OS. The van der Waals surface area contributed by atoms with Gasteiger partial charge in [0.15, 0.2) is 16.6 Å². The van der Waals surface area contributed by atoms with Crippen LogP contribution in [0.1, 0.15) is 6.92 Å². The van der Waals surface area contributed by atoms with E-state index >= 15 is 0 Å². The van der Waals surface area contributed by atoms with Crippen LogP contribution in [0.25, 0.3) is 21.9 Å². The normalized spacial score (nSPS) is 14.3. The molecule has 30 heavy (non-hydrogen) atoms. The Morgan fingerprint density at radius 1 is 1.13 bits per heavy atom. The van der Waals surface area contributed by atoms with Gasteiger partial charge in [-0.3, -0.25) is 9.89 Å². The Morgan fingerprint density at radius 2 is 1.93 bits per heavy atom. The summed E-state index contributed by atoms with van der Waals surface area (Å²) in [5.74, 6) is 1.37. The fourth-order valence-electron chi connectivity index (χ4n) is 3.53. The Balaban J connectivity index is 1.36. The van der Waals surface area contributed by atoms with Crippen molar-refractivity contribution in [2.45, 2.75) is 6.92 Å². The summed E-state index contributed by atoms with van der Waals surface area (Å²) in [5, 5.41) is 13.1. The Hall–Kier alpha value is -3.53. The maximum Gasteiger partial charge on any atom is 0.219 e. The van der Waals surface area contributed by atoms with Crippen LogP contribution in [0.5, 0.6) is 0 Å². The van der Waals surface area contributed by atoms with E-state index in [2.05, 4.69) is 47.5 Å². The lowest BCUT2D eigenvalue weighted by molar-refractivity contribution is -0.129. The number of hydrogen-bond acceptors (Lipinski definition) is 8. The third-order valence-corrected chi connectivity index (χ3v) is 5.91. The van der Waals surface area contributed by atoms with Gasteiger partial charge in [-0.15, -0.1) is 11.3 Å². The predicted molar refractivity (Wildman–Crippen MR) is 117 cm³/mol. The molecule has 4 heterocycles. The van der Waals surface area contributed by atoms with Crippen LogP contribution in [0, 0.1) is 0 Å². The first-order valence-electron chi connectivity index (χ1n) is 9.66. The molecule has 0 bridgehead atoms. The summed E-state index contributed by atoms with van der Waals surface area (Å²) >= 11 is 1.50. The van der Waals surface area contributed by atoms with Crippen molar-refractivity contribution in [1.82, 2.24) is 30.0 Å². The molecule has 0 spiro atoms. The number of hydrogen-bond donors (Lipinski definition) is 2. The highest BCUT2D eigenvalue weighted by Gasteiger charge is 2.19. The van der Waals surface area contributed by atoms with Gasteiger partial charge >= 0.3 is 0 Å². The number of piperazine rings is 1. The second-order valence-electron chi connectivity index (χ2n) is 7.03. The highest BCUT2D eigenvalue weighted by Crippen LogP contribution is 2.28. The molecule has 152 valence electrons. The summed E-state index contributed by atoms with van der Waals surface area (Å²) in [6, 6.07) is 8.22. The molecule has 0 unspecified atom stereocenters. The van der Waals surface area contributed by atoms with E-state index in [1.807, 2.05) is 22.4 Å². The third-order valence-electron chi connectivity index (χ3n) is 5.14. The van der Waals surface area contributed by atoms with Crippen molar-refractivity contribution in [3.05, 3.63) is 42.0 Å². The number of carbonyl (C=O) groups is 1. The molecule has 1 aliphatic rings. The number of amides is 1. The van der Waals surface area contributed by atoms with Crippen molar-refractivity contribution in [1.29, 1.82) is 0 Å². The van der Waals surface area contributed by atoms with E-state index < -0.39 is 0 Å². The Labute approximate surface area is 176 Å².